The van der Waals surface area contributed by atoms with E-state index in [1.54, 1.807) is 110 Å². The van der Waals surface area contributed by atoms with Crippen LogP contribution in [0, 0.1) is 17.8 Å². The van der Waals surface area contributed by atoms with Crippen molar-refractivity contribution in [2.45, 2.75) is 195 Å². The first kappa shape index (κ1) is 67.4. The maximum atomic E-state index is 13.3. The number of carbonyl (C=O) groups excluding carboxylic acids is 4. The van der Waals surface area contributed by atoms with Gasteiger partial charge in [0.1, 0.15) is 23.9 Å². The van der Waals surface area contributed by atoms with Crippen LogP contribution in [0.4, 0.5) is 5.69 Å². The van der Waals surface area contributed by atoms with Crippen molar-refractivity contribution in [1.82, 2.24) is 0 Å². The highest BCUT2D eigenvalue weighted by molar-refractivity contribution is 5.96. The predicted molar refractivity (Wildman–Crippen MR) is 294 cm³/mol. The number of rotatable bonds is 10. The van der Waals surface area contributed by atoms with Gasteiger partial charge in [0, 0.05) is 55.7 Å². The zero-order valence-electron chi connectivity index (χ0n) is 46.1. The van der Waals surface area contributed by atoms with Crippen molar-refractivity contribution < 1.29 is 93.9 Å². The summed E-state index contributed by atoms with van der Waals surface area (Å²) in [4.78, 5) is 52.2. The average molecular weight is 1130 g/mol. The lowest BCUT2D eigenvalue weighted by atomic mass is 9.82. The molecule has 0 amide bonds. The number of aliphatic hydroxyl groups is 10. The topological polar surface area (TPSA) is 369 Å². The number of cyclic esters (lactones) is 1. The van der Waals surface area contributed by atoms with Crippen LogP contribution in [-0.4, -0.2) is 179 Å². The number of nitrogen functional groups attached to an aromatic ring is 1. The van der Waals surface area contributed by atoms with Crippen LogP contribution in [0.2, 0.25) is 0 Å². The van der Waals surface area contributed by atoms with E-state index in [2.05, 4.69) is 0 Å². The number of methoxy groups -OCH3 is 1. The zero-order valence-corrected chi connectivity index (χ0v) is 46.1. The maximum absolute atomic E-state index is 13.3. The minimum atomic E-state index is -2.29. The summed E-state index contributed by atoms with van der Waals surface area (Å²) in [6, 6.07) is 5.24. The van der Waals surface area contributed by atoms with Crippen molar-refractivity contribution in [2.24, 2.45) is 23.5 Å². The minimum absolute atomic E-state index is 0.126. The van der Waals surface area contributed by atoms with Gasteiger partial charge in [-0.2, -0.15) is 0 Å². The van der Waals surface area contributed by atoms with Crippen LogP contribution in [0.3, 0.4) is 0 Å². The van der Waals surface area contributed by atoms with Gasteiger partial charge < -0.3 is 86.2 Å². The van der Waals surface area contributed by atoms with Gasteiger partial charge in [-0.1, -0.05) is 98.9 Å². The molecule has 446 valence electrons. The van der Waals surface area contributed by atoms with Gasteiger partial charge in [0.15, 0.2) is 17.9 Å². The summed E-state index contributed by atoms with van der Waals surface area (Å²) >= 11 is 0. The summed E-state index contributed by atoms with van der Waals surface area (Å²) in [6.07, 6.45) is 2.76. The summed E-state index contributed by atoms with van der Waals surface area (Å²) in [5.41, 5.74) is 12.7. The Kier molecular flexibility index (Phi) is 28.4. The number of hydrogen-bond donors (Lipinski definition) is 12. The molecule has 21 heteroatoms. The highest BCUT2D eigenvalue weighted by Gasteiger charge is 2.51. The highest BCUT2D eigenvalue weighted by atomic mass is 16.7. The Morgan fingerprint density at radius 1 is 0.713 bits per heavy atom. The molecule has 3 aliphatic heterocycles. The molecule has 0 aliphatic carbocycles. The summed E-state index contributed by atoms with van der Waals surface area (Å²) in [6.45, 7) is 5.23. The first-order chi connectivity index (χ1) is 37.9. The fraction of sp³-hybridized carbons (Fsp3) is 0.593. The number of benzene rings is 1. The molecule has 1 aromatic rings. The van der Waals surface area contributed by atoms with Gasteiger partial charge in [0.25, 0.3) is 0 Å². The number of hydrogen-bond acceptors (Lipinski definition) is 21. The van der Waals surface area contributed by atoms with E-state index < -0.39 is 160 Å². The predicted octanol–water partition coefficient (Wildman–Crippen LogP) is 2.37. The Labute approximate surface area is 468 Å². The Balaban J connectivity index is 1.55. The molecule has 4 rings (SSSR count). The number of nitrogens with two attached hydrogens (primary N) is 2. The number of esters is 2. The lowest BCUT2D eigenvalue weighted by Crippen LogP contribution is -2.61. The van der Waals surface area contributed by atoms with E-state index in [1.165, 1.54) is 0 Å². The van der Waals surface area contributed by atoms with Crippen molar-refractivity contribution in [3.63, 3.8) is 0 Å². The quantitative estimate of drug-likeness (QED) is 0.0909. The lowest BCUT2D eigenvalue weighted by molar-refractivity contribution is -0.308. The number of carbonyl (C=O) groups is 4. The highest BCUT2D eigenvalue weighted by Crippen LogP contribution is 2.39. The van der Waals surface area contributed by atoms with Crippen LogP contribution in [0.25, 0.3) is 0 Å². The average Bonchev–Trinajstić information content (AvgIpc) is 3.48. The van der Waals surface area contributed by atoms with Crippen molar-refractivity contribution in [3.05, 3.63) is 115 Å². The van der Waals surface area contributed by atoms with E-state index in [1.807, 2.05) is 19.9 Å². The number of Topliss-reactive ketones (excluding diaryl/α,β-unsaturated/α-hetero) is 2. The Morgan fingerprint density at radius 2 is 1.26 bits per heavy atom. The third-order valence-corrected chi connectivity index (χ3v) is 14.3. The number of ketones is 2. The summed E-state index contributed by atoms with van der Waals surface area (Å²) < 4.78 is 28.9. The largest absolute Gasteiger partial charge is 0.469 e. The molecule has 2 bridgehead atoms. The molecule has 21 nitrogen and oxygen atoms in total. The first-order valence-electron chi connectivity index (χ1n) is 27.3. The van der Waals surface area contributed by atoms with Crippen molar-refractivity contribution in [3.8, 4) is 0 Å². The van der Waals surface area contributed by atoms with Crippen LogP contribution in [0.5, 0.6) is 0 Å². The maximum Gasteiger partial charge on any atom is 0.313 e. The molecule has 15 unspecified atom stereocenters. The van der Waals surface area contributed by atoms with Gasteiger partial charge in [-0.05, 0) is 69.2 Å². The van der Waals surface area contributed by atoms with Crippen LogP contribution >= 0.6 is 0 Å². The van der Waals surface area contributed by atoms with E-state index >= 15 is 0 Å². The van der Waals surface area contributed by atoms with Gasteiger partial charge in [0.05, 0.1) is 86.7 Å². The van der Waals surface area contributed by atoms with Crippen LogP contribution < -0.4 is 11.5 Å². The number of ether oxygens (including phenoxy) is 5. The van der Waals surface area contributed by atoms with E-state index in [0.29, 0.717) is 17.7 Å². The van der Waals surface area contributed by atoms with E-state index in [0.717, 1.165) is 7.11 Å². The number of anilines is 1. The van der Waals surface area contributed by atoms with Crippen LogP contribution in [-0.2, 0) is 38.1 Å². The molecule has 0 saturated carbocycles. The van der Waals surface area contributed by atoms with Crippen LogP contribution in [0.1, 0.15) is 108 Å². The van der Waals surface area contributed by atoms with Crippen molar-refractivity contribution >= 4 is 29.2 Å². The monoisotopic (exact) mass is 1130 g/mol. The number of allylic oxidation sites excluding steroid dienone is 12. The third kappa shape index (κ3) is 23.0. The molecule has 3 heterocycles. The molecular formula is C59H86N2O19. The number of aliphatic hydroxyl groups excluding tert-OH is 9. The molecule has 14 N–H and O–H groups in total. The molecular weight excluding hydrogens is 1040 g/mol. The van der Waals surface area contributed by atoms with E-state index in [9.17, 15) is 70.2 Å². The molecule has 3 aliphatic rings. The third-order valence-electron chi connectivity index (χ3n) is 14.3. The molecule has 0 radical (unpaired) electrons. The second-order valence-electron chi connectivity index (χ2n) is 21.4. The smallest absolute Gasteiger partial charge is 0.313 e. The zero-order chi connectivity index (χ0) is 59.1. The SMILES string of the molecule is COC(=O)C1C(O)CC2(O)CC(O)CC(O)CC(O)CC(O)CC(=O)CC(O)CC(=O)OC(C(C)CCC(O)CC(=O)c3ccc(N)cc3)C(C)/C=C/C=C/C=C/C=C/C=C/C=C/C=C/C(O[C@@H]3OC(C)[C@@H](O)[C@H](N)[C@@H]3O)CC1O2. The molecule has 1 aromatic carbocycles. The molecule has 80 heavy (non-hydrogen) atoms. The van der Waals surface area contributed by atoms with Crippen molar-refractivity contribution in [2.75, 3.05) is 12.8 Å². The first-order valence-corrected chi connectivity index (χ1v) is 27.3. The van der Waals surface area contributed by atoms with Gasteiger partial charge in [-0.15, -0.1) is 0 Å². The second-order valence-corrected chi connectivity index (χ2v) is 21.4. The van der Waals surface area contributed by atoms with Gasteiger partial charge in [-0.3, -0.25) is 19.2 Å². The standard InChI is InChI=1S/C59H86N2O19/c1-35-17-15-13-11-9-7-5-6-8-10-12-14-16-18-47(78-58-55(73)53(61)54(72)37(3)77-58)32-50-52(57(74)76-4)49(70)34-59(75,80-50)33-46(68)29-44(66)27-42(64)25-41(63)26-43(65)28-45(67)31-51(71)79-56(35)36(2)19-24-40(62)30-48(69)38-20-22-39(60)23-21-38/h5-18,20-23,35-37,40-42,44-47,49-50,52-56,58,62-64,66-68,70,72-73,75H,19,24-34,60-61H2,1-4H3/b6-5+,9-7+,10-8+,13-11+,14-12+,17-15+,18-16+/t35?,36?,37?,40?,41?,42?,44?,45?,46?,47?,49?,50?,52?,53-,54+,55-,56?,58-,59?/m0/s1. The van der Waals surface area contributed by atoms with Gasteiger partial charge >= 0.3 is 11.9 Å². The Morgan fingerprint density at radius 3 is 1.86 bits per heavy atom. The van der Waals surface area contributed by atoms with Crippen LogP contribution in [0.15, 0.2) is 109 Å². The van der Waals surface area contributed by atoms with E-state index in [-0.39, 0.29) is 49.7 Å². The molecule has 19 atom stereocenters. The molecule has 2 saturated heterocycles. The minimum Gasteiger partial charge on any atom is -0.469 e. The van der Waals surface area contributed by atoms with Crippen molar-refractivity contribution in [1.29, 1.82) is 0 Å². The molecule has 0 spiro atoms. The molecule has 0 aromatic heterocycles. The Hall–Kier alpha value is -5.08. The summed E-state index contributed by atoms with van der Waals surface area (Å²) in [7, 11) is 1.11. The fourth-order valence-electron chi connectivity index (χ4n) is 10.0. The fourth-order valence-corrected chi connectivity index (χ4v) is 10.0. The molecule has 2 fully saturated rings. The van der Waals surface area contributed by atoms with E-state index in [4.69, 9.17) is 35.2 Å². The number of fused-ring (bicyclic) bond motifs is 2. The second kappa shape index (κ2) is 33.7. The summed E-state index contributed by atoms with van der Waals surface area (Å²) in [5, 5.41) is 109. The van der Waals surface area contributed by atoms with Gasteiger partial charge in [0.2, 0.25) is 0 Å². The normalized spacial score (nSPS) is 38.0. The summed E-state index contributed by atoms with van der Waals surface area (Å²) in [5.74, 6) is -6.91. The lowest BCUT2D eigenvalue weighted by Gasteiger charge is -2.45. The van der Waals surface area contributed by atoms with Gasteiger partial charge in [-0.25, -0.2) is 0 Å². The Bertz CT molecular complexity index is 2300.